The molecule has 3 heteroatoms. The van der Waals surface area contributed by atoms with E-state index in [1.54, 1.807) is 0 Å². The first kappa shape index (κ1) is 13.3. The van der Waals surface area contributed by atoms with Gasteiger partial charge in [-0.25, -0.2) is 0 Å². The van der Waals surface area contributed by atoms with Crippen LogP contribution in [-0.4, -0.2) is 30.5 Å². The first-order valence-corrected chi connectivity index (χ1v) is 6.43. The van der Waals surface area contributed by atoms with Crippen molar-refractivity contribution in [3.63, 3.8) is 0 Å². The van der Waals surface area contributed by atoms with Crippen LogP contribution in [0.5, 0.6) is 0 Å². The van der Waals surface area contributed by atoms with Crippen LogP contribution in [0.25, 0.3) is 0 Å². The molecule has 1 fully saturated rings. The standard InChI is InChI=1S/C13H27N3/c1-13(2,3)9-5-6-10-15-12(14)16(4)11-7-8-11/h11H,5-10H2,1-4H3,(H2,14,15). The Morgan fingerprint density at radius 2 is 1.94 bits per heavy atom. The molecule has 2 N–H and O–H groups in total. The Morgan fingerprint density at radius 1 is 1.31 bits per heavy atom. The van der Waals surface area contributed by atoms with E-state index in [2.05, 4.69) is 30.7 Å². The number of hydrogen-bond acceptors (Lipinski definition) is 1. The van der Waals surface area contributed by atoms with Gasteiger partial charge in [-0.3, -0.25) is 4.99 Å². The Morgan fingerprint density at radius 3 is 2.44 bits per heavy atom. The summed E-state index contributed by atoms with van der Waals surface area (Å²) in [7, 11) is 2.05. The van der Waals surface area contributed by atoms with Crippen molar-refractivity contribution >= 4 is 5.96 Å². The number of hydrogen-bond donors (Lipinski definition) is 1. The van der Waals surface area contributed by atoms with E-state index in [1.807, 2.05) is 7.05 Å². The van der Waals surface area contributed by atoms with E-state index >= 15 is 0 Å². The Balaban J connectivity index is 2.11. The Bertz CT molecular complexity index is 236. The Kier molecular flexibility index (Phi) is 4.63. The highest BCUT2D eigenvalue weighted by molar-refractivity contribution is 5.78. The third-order valence-corrected chi connectivity index (χ3v) is 3.06. The molecule has 0 aromatic heterocycles. The van der Waals surface area contributed by atoms with Gasteiger partial charge in [0.15, 0.2) is 5.96 Å². The Hall–Kier alpha value is -0.730. The van der Waals surface area contributed by atoms with E-state index in [9.17, 15) is 0 Å². The maximum absolute atomic E-state index is 5.90. The molecule has 0 saturated heterocycles. The summed E-state index contributed by atoms with van der Waals surface area (Å²) in [4.78, 5) is 6.54. The summed E-state index contributed by atoms with van der Waals surface area (Å²) in [6, 6.07) is 0.665. The van der Waals surface area contributed by atoms with Crippen LogP contribution in [0.15, 0.2) is 4.99 Å². The molecule has 1 saturated carbocycles. The van der Waals surface area contributed by atoms with Crippen molar-refractivity contribution in [3.05, 3.63) is 0 Å². The summed E-state index contributed by atoms with van der Waals surface area (Å²) in [5, 5.41) is 0. The molecule has 3 nitrogen and oxygen atoms in total. The van der Waals surface area contributed by atoms with Gasteiger partial charge in [-0.15, -0.1) is 0 Å². The van der Waals surface area contributed by atoms with Gasteiger partial charge < -0.3 is 10.6 Å². The number of nitrogens with two attached hydrogens (primary N) is 1. The van der Waals surface area contributed by atoms with Crippen LogP contribution in [-0.2, 0) is 0 Å². The summed E-state index contributed by atoms with van der Waals surface area (Å²) >= 11 is 0. The second-order valence-electron chi connectivity index (χ2n) is 6.10. The summed E-state index contributed by atoms with van der Waals surface area (Å²) in [5.41, 5.74) is 6.35. The van der Waals surface area contributed by atoms with E-state index in [4.69, 9.17) is 5.73 Å². The molecule has 1 aliphatic rings. The van der Waals surface area contributed by atoms with Crippen molar-refractivity contribution in [3.8, 4) is 0 Å². The molecule has 16 heavy (non-hydrogen) atoms. The minimum absolute atomic E-state index is 0.445. The van der Waals surface area contributed by atoms with Gasteiger partial charge in [-0.05, 0) is 31.1 Å². The molecule has 0 atom stereocenters. The molecule has 0 aliphatic heterocycles. The average molecular weight is 225 g/mol. The fourth-order valence-corrected chi connectivity index (χ4v) is 1.72. The van der Waals surface area contributed by atoms with Gasteiger partial charge in [0, 0.05) is 19.6 Å². The number of guanidine groups is 1. The van der Waals surface area contributed by atoms with Crippen LogP contribution >= 0.6 is 0 Å². The maximum atomic E-state index is 5.90. The van der Waals surface area contributed by atoms with Crippen molar-refractivity contribution in [2.45, 2.75) is 58.9 Å². The monoisotopic (exact) mass is 225 g/mol. The van der Waals surface area contributed by atoms with Gasteiger partial charge in [0.25, 0.3) is 0 Å². The van der Waals surface area contributed by atoms with Crippen molar-refractivity contribution in [1.82, 2.24) is 4.90 Å². The fraction of sp³-hybridized carbons (Fsp3) is 0.923. The van der Waals surface area contributed by atoms with E-state index < -0.39 is 0 Å². The molecule has 0 aromatic carbocycles. The van der Waals surface area contributed by atoms with Gasteiger partial charge in [0.2, 0.25) is 0 Å². The van der Waals surface area contributed by atoms with E-state index in [0.717, 1.165) is 18.9 Å². The first-order chi connectivity index (χ1) is 7.40. The molecule has 0 amide bonds. The van der Waals surface area contributed by atoms with Crippen LogP contribution in [0.4, 0.5) is 0 Å². The number of aliphatic imine (C=N–C) groups is 1. The van der Waals surface area contributed by atoms with Gasteiger partial charge in [0.1, 0.15) is 0 Å². The lowest BCUT2D eigenvalue weighted by molar-refractivity contribution is 0.361. The number of unbranched alkanes of at least 4 members (excludes halogenated alkanes) is 1. The average Bonchev–Trinajstić information content (AvgIpc) is 2.97. The molecule has 0 aromatic rings. The predicted molar refractivity (Wildman–Crippen MR) is 70.6 cm³/mol. The molecule has 0 bridgehead atoms. The lowest BCUT2D eigenvalue weighted by Crippen LogP contribution is -2.35. The number of rotatable bonds is 5. The van der Waals surface area contributed by atoms with Gasteiger partial charge >= 0.3 is 0 Å². The van der Waals surface area contributed by atoms with Gasteiger partial charge in [-0.1, -0.05) is 27.2 Å². The van der Waals surface area contributed by atoms with Crippen molar-refractivity contribution in [2.24, 2.45) is 16.1 Å². The zero-order valence-corrected chi connectivity index (χ0v) is 11.3. The second kappa shape index (κ2) is 5.55. The topological polar surface area (TPSA) is 41.6 Å². The first-order valence-electron chi connectivity index (χ1n) is 6.43. The normalized spacial score (nSPS) is 17.6. The highest BCUT2D eigenvalue weighted by Gasteiger charge is 2.27. The summed E-state index contributed by atoms with van der Waals surface area (Å²) < 4.78 is 0. The predicted octanol–water partition coefficient (Wildman–Crippen LogP) is 2.61. The number of nitrogens with zero attached hydrogens (tertiary/aromatic N) is 2. The van der Waals surface area contributed by atoms with Crippen molar-refractivity contribution < 1.29 is 0 Å². The van der Waals surface area contributed by atoms with Crippen LogP contribution in [0, 0.1) is 5.41 Å². The summed E-state index contributed by atoms with van der Waals surface area (Å²) in [6.07, 6.45) is 6.21. The smallest absolute Gasteiger partial charge is 0.191 e. The van der Waals surface area contributed by atoms with E-state index in [1.165, 1.54) is 25.7 Å². The summed E-state index contributed by atoms with van der Waals surface area (Å²) in [5.74, 6) is 0.721. The second-order valence-corrected chi connectivity index (χ2v) is 6.10. The molecule has 0 unspecified atom stereocenters. The maximum Gasteiger partial charge on any atom is 0.191 e. The molecule has 0 heterocycles. The van der Waals surface area contributed by atoms with Gasteiger partial charge in [0.05, 0.1) is 0 Å². The SMILES string of the molecule is CN(C(N)=NCCCCC(C)(C)C)C1CC1. The highest BCUT2D eigenvalue weighted by atomic mass is 15.3. The zero-order chi connectivity index (χ0) is 12.2. The molecule has 1 aliphatic carbocycles. The van der Waals surface area contributed by atoms with Crippen LogP contribution < -0.4 is 5.73 Å². The lowest BCUT2D eigenvalue weighted by Gasteiger charge is -2.18. The highest BCUT2D eigenvalue weighted by Crippen LogP contribution is 2.25. The van der Waals surface area contributed by atoms with E-state index in [-0.39, 0.29) is 0 Å². The minimum Gasteiger partial charge on any atom is -0.370 e. The van der Waals surface area contributed by atoms with Crippen molar-refractivity contribution in [1.29, 1.82) is 0 Å². The lowest BCUT2D eigenvalue weighted by atomic mass is 9.90. The molecule has 94 valence electrons. The zero-order valence-electron chi connectivity index (χ0n) is 11.3. The van der Waals surface area contributed by atoms with Crippen LogP contribution in [0.3, 0.4) is 0 Å². The molecule has 1 rings (SSSR count). The quantitative estimate of drug-likeness (QED) is 0.444. The van der Waals surface area contributed by atoms with Crippen LogP contribution in [0.1, 0.15) is 52.9 Å². The molecular weight excluding hydrogens is 198 g/mol. The third-order valence-electron chi connectivity index (χ3n) is 3.06. The minimum atomic E-state index is 0.445. The molecule has 0 radical (unpaired) electrons. The largest absolute Gasteiger partial charge is 0.370 e. The molecular formula is C13H27N3. The summed E-state index contributed by atoms with van der Waals surface area (Å²) in [6.45, 7) is 7.72. The Labute approximate surface area is 100 Å². The fourth-order valence-electron chi connectivity index (χ4n) is 1.72. The third kappa shape index (κ3) is 5.38. The van der Waals surface area contributed by atoms with E-state index in [0.29, 0.717) is 11.5 Å². The molecule has 0 spiro atoms. The van der Waals surface area contributed by atoms with Crippen molar-refractivity contribution in [2.75, 3.05) is 13.6 Å². The van der Waals surface area contributed by atoms with Crippen LogP contribution in [0.2, 0.25) is 0 Å². The van der Waals surface area contributed by atoms with Gasteiger partial charge in [-0.2, -0.15) is 0 Å².